The Morgan fingerprint density at radius 3 is 2.17 bits per heavy atom. The third kappa shape index (κ3) is 6.43. The van der Waals surface area contributed by atoms with Crippen LogP contribution in [0.1, 0.15) is 26.3 Å². The molecule has 150 valence electrons. The lowest BCUT2D eigenvalue weighted by atomic mass is 10.1. The van der Waals surface area contributed by atoms with Crippen molar-refractivity contribution in [2.45, 2.75) is 32.8 Å². The van der Waals surface area contributed by atoms with Gasteiger partial charge in [-0.05, 0) is 62.7 Å². The van der Waals surface area contributed by atoms with Crippen LogP contribution >= 0.6 is 11.3 Å². The van der Waals surface area contributed by atoms with Crippen molar-refractivity contribution in [3.8, 4) is 10.6 Å². The minimum Gasteiger partial charge on any atom is -0.444 e. The van der Waals surface area contributed by atoms with Crippen molar-refractivity contribution in [3.63, 3.8) is 0 Å². The van der Waals surface area contributed by atoms with Crippen LogP contribution in [0.3, 0.4) is 0 Å². The molecule has 0 bridgehead atoms. The molecule has 2 N–H and O–H groups in total. The van der Waals surface area contributed by atoms with Crippen LogP contribution in [0.25, 0.3) is 10.6 Å². The number of aromatic nitrogens is 1. The van der Waals surface area contributed by atoms with Gasteiger partial charge in [0.15, 0.2) is 0 Å². The molecule has 3 aromatic rings. The van der Waals surface area contributed by atoms with Crippen LogP contribution in [-0.4, -0.2) is 22.6 Å². The lowest BCUT2D eigenvalue weighted by molar-refractivity contribution is -0.115. The molecule has 0 aliphatic rings. The number of anilines is 2. The third-order valence-corrected chi connectivity index (χ3v) is 4.63. The van der Waals surface area contributed by atoms with Gasteiger partial charge in [-0.2, -0.15) is 0 Å². The second-order valence-electron chi connectivity index (χ2n) is 7.46. The Morgan fingerprint density at radius 1 is 0.966 bits per heavy atom. The molecule has 0 saturated heterocycles. The molecule has 29 heavy (non-hydrogen) atoms. The first-order chi connectivity index (χ1) is 13.8. The Balaban J connectivity index is 1.52. The van der Waals surface area contributed by atoms with Gasteiger partial charge in [-0.1, -0.05) is 12.1 Å². The van der Waals surface area contributed by atoms with Crippen LogP contribution in [0.2, 0.25) is 0 Å². The van der Waals surface area contributed by atoms with Crippen molar-refractivity contribution < 1.29 is 14.3 Å². The molecule has 0 fully saturated rings. The molecule has 6 nitrogen and oxygen atoms in total. The van der Waals surface area contributed by atoms with Crippen LogP contribution in [0.15, 0.2) is 60.1 Å². The highest BCUT2D eigenvalue weighted by Gasteiger charge is 2.16. The van der Waals surface area contributed by atoms with Gasteiger partial charge in [0.2, 0.25) is 5.91 Å². The van der Waals surface area contributed by atoms with E-state index in [0.29, 0.717) is 5.69 Å². The number of nitrogens with one attached hydrogen (secondary N) is 2. The summed E-state index contributed by atoms with van der Waals surface area (Å²) in [4.78, 5) is 28.4. The van der Waals surface area contributed by atoms with Crippen molar-refractivity contribution in [1.29, 1.82) is 0 Å². The first kappa shape index (κ1) is 20.5. The lowest BCUT2D eigenvalue weighted by Crippen LogP contribution is -2.27. The van der Waals surface area contributed by atoms with Crippen molar-refractivity contribution in [3.05, 3.63) is 65.7 Å². The van der Waals surface area contributed by atoms with Crippen molar-refractivity contribution in [2.24, 2.45) is 0 Å². The summed E-state index contributed by atoms with van der Waals surface area (Å²) in [5.74, 6) is -0.111. The van der Waals surface area contributed by atoms with Crippen molar-refractivity contribution >= 4 is 34.7 Å². The van der Waals surface area contributed by atoms with E-state index in [1.54, 1.807) is 62.6 Å². The van der Waals surface area contributed by atoms with E-state index < -0.39 is 11.7 Å². The summed E-state index contributed by atoms with van der Waals surface area (Å²) >= 11 is 1.57. The quantitative estimate of drug-likeness (QED) is 0.596. The normalized spacial score (nSPS) is 11.0. The fourth-order valence-electron chi connectivity index (χ4n) is 2.58. The monoisotopic (exact) mass is 409 g/mol. The highest BCUT2D eigenvalue weighted by molar-refractivity contribution is 7.13. The molecule has 0 unspecified atom stereocenters. The molecule has 0 aliphatic heterocycles. The van der Waals surface area contributed by atoms with E-state index in [1.807, 2.05) is 29.6 Å². The van der Waals surface area contributed by atoms with E-state index in [1.165, 1.54) is 0 Å². The molecule has 7 heteroatoms. The average Bonchev–Trinajstić information content (AvgIpc) is 3.17. The van der Waals surface area contributed by atoms with Crippen molar-refractivity contribution in [1.82, 2.24) is 4.98 Å². The smallest absolute Gasteiger partial charge is 0.412 e. The molecule has 0 spiro atoms. The maximum Gasteiger partial charge on any atom is 0.412 e. The van der Waals surface area contributed by atoms with E-state index in [-0.39, 0.29) is 12.3 Å². The zero-order valence-electron chi connectivity index (χ0n) is 16.6. The van der Waals surface area contributed by atoms with Gasteiger partial charge in [0, 0.05) is 28.5 Å². The number of amides is 2. The number of hydrogen-bond acceptors (Lipinski definition) is 5. The average molecular weight is 410 g/mol. The van der Waals surface area contributed by atoms with Crippen LogP contribution in [-0.2, 0) is 16.0 Å². The van der Waals surface area contributed by atoms with Gasteiger partial charge in [-0.3, -0.25) is 10.1 Å². The number of thiazole rings is 1. The number of rotatable bonds is 5. The second kappa shape index (κ2) is 8.87. The highest BCUT2D eigenvalue weighted by atomic mass is 32.1. The summed E-state index contributed by atoms with van der Waals surface area (Å²) in [5.41, 5.74) is 2.66. The number of benzene rings is 2. The minimum atomic E-state index is -0.555. The summed E-state index contributed by atoms with van der Waals surface area (Å²) < 4.78 is 5.22. The number of hydrogen-bond donors (Lipinski definition) is 2. The fourth-order valence-corrected chi connectivity index (χ4v) is 3.22. The molecule has 0 aliphatic carbocycles. The summed E-state index contributed by atoms with van der Waals surface area (Å²) in [6, 6.07) is 14.7. The lowest BCUT2D eigenvalue weighted by Gasteiger charge is -2.19. The van der Waals surface area contributed by atoms with E-state index >= 15 is 0 Å². The number of nitrogens with zero attached hydrogens (tertiary/aromatic N) is 1. The Morgan fingerprint density at radius 2 is 1.59 bits per heavy atom. The summed E-state index contributed by atoms with van der Waals surface area (Å²) in [6.07, 6.45) is 1.49. The Kier molecular flexibility index (Phi) is 6.29. The number of carbonyl (C=O) groups excluding carboxylic acids is 2. The maximum absolute atomic E-state index is 12.3. The van der Waals surface area contributed by atoms with Crippen LogP contribution in [0.5, 0.6) is 0 Å². The summed E-state index contributed by atoms with van der Waals surface area (Å²) in [5, 5.41) is 8.44. The maximum atomic E-state index is 12.3. The zero-order valence-corrected chi connectivity index (χ0v) is 17.4. The molecule has 2 amide bonds. The zero-order chi connectivity index (χ0) is 20.9. The third-order valence-electron chi connectivity index (χ3n) is 3.81. The first-order valence-corrected chi connectivity index (χ1v) is 10.1. The predicted molar refractivity (Wildman–Crippen MR) is 116 cm³/mol. The predicted octanol–water partition coefficient (Wildman–Crippen LogP) is 5.34. The second-order valence-corrected chi connectivity index (χ2v) is 8.36. The molecule has 1 heterocycles. The van der Waals surface area contributed by atoms with E-state index in [2.05, 4.69) is 15.6 Å². The van der Waals surface area contributed by atoms with E-state index in [4.69, 9.17) is 4.74 Å². The minimum absolute atomic E-state index is 0.111. The van der Waals surface area contributed by atoms with E-state index in [9.17, 15) is 9.59 Å². The first-order valence-electron chi connectivity index (χ1n) is 9.17. The fraction of sp³-hybridized carbons (Fsp3) is 0.227. The van der Waals surface area contributed by atoms with Gasteiger partial charge in [-0.15, -0.1) is 11.3 Å². The summed E-state index contributed by atoms with van der Waals surface area (Å²) in [6.45, 7) is 5.42. The van der Waals surface area contributed by atoms with Gasteiger partial charge < -0.3 is 10.1 Å². The molecule has 0 atom stereocenters. The molecule has 0 saturated carbocycles. The van der Waals surface area contributed by atoms with E-state index in [0.717, 1.165) is 21.8 Å². The van der Waals surface area contributed by atoms with Gasteiger partial charge >= 0.3 is 6.09 Å². The van der Waals surface area contributed by atoms with Gasteiger partial charge in [0.1, 0.15) is 10.6 Å². The topological polar surface area (TPSA) is 80.3 Å². The number of carbonyl (C=O) groups is 2. The Hall–Kier alpha value is -3.19. The summed E-state index contributed by atoms with van der Waals surface area (Å²) in [7, 11) is 0. The molecular formula is C22H23N3O3S. The van der Waals surface area contributed by atoms with Crippen LogP contribution in [0, 0.1) is 0 Å². The molecule has 0 radical (unpaired) electrons. The van der Waals surface area contributed by atoms with Gasteiger partial charge in [0.05, 0.1) is 6.42 Å². The van der Waals surface area contributed by atoms with Crippen LogP contribution in [0.4, 0.5) is 16.2 Å². The molecular weight excluding hydrogens is 386 g/mol. The van der Waals surface area contributed by atoms with Gasteiger partial charge in [0.25, 0.3) is 0 Å². The van der Waals surface area contributed by atoms with Crippen LogP contribution < -0.4 is 10.6 Å². The SMILES string of the molecule is CC(C)(C)OC(=O)Nc1ccc(CC(=O)Nc2ccc(-c3nccs3)cc2)cc1. The largest absolute Gasteiger partial charge is 0.444 e. The Bertz CT molecular complexity index is 960. The molecule has 2 aromatic carbocycles. The standard InChI is InChI=1S/C22H23N3O3S/c1-22(2,3)28-21(27)25-18-8-4-15(5-9-18)14-19(26)24-17-10-6-16(7-11-17)20-23-12-13-29-20/h4-13H,14H2,1-3H3,(H,24,26)(H,25,27). The Labute approximate surface area is 173 Å². The molecule has 1 aromatic heterocycles. The van der Waals surface area contributed by atoms with Crippen molar-refractivity contribution in [2.75, 3.05) is 10.6 Å². The highest BCUT2D eigenvalue weighted by Crippen LogP contribution is 2.23. The molecule has 3 rings (SSSR count). The van der Waals surface area contributed by atoms with Gasteiger partial charge in [-0.25, -0.2) is 9.78 Å². The number of ether oxygens (including phenoxy) is 1.